The monoisotopic (exact) mass is 474 g/mol. The Morgan fingerprint density at radius 1 is 1.17 bits per heavy atom. The van der Waals surface area contributed by atoms with Crippen molar-refractivity contribution in [2.75, 3.05) is 6.54 Å². The van der Waals surface area contributed by atoms with Crippen molar-refractivity contribution in [3.8, 4) is 22.6 Å². The fraction of sp³-hybridized carbons (Fsp3) is 0.308. The SMILES string of the molecule is CC(C)(C)OC(=O)N1CCC[C@@H]1c1ncc(-c2ccc3oc(-c4ccc([N+](=O)[O-])cc4)cc3c2)[nH]1. The van der Waals surface area contributed by atoms with Crippen LogP contribution in [-0.4, -0.2) is 38.0 Å². The van der Waals surface area contributed by atoms with Crippen LogP contribution in [0.5, 0.6) is 0 Å². The maximum Gasteiger partial charge on any atom is 0.410 e. The Labute approximate surface area is 201 Å². The van der Waals surface area contributed by atoms with Gasteiger partial charge in [-0.15, -0.1) is 0 Å². The number of furan rings is 1. The molecule has 0 bridgehead atoms. The third-order valence-corrected chi connectivity index (χ3v) is 5.98. The molecule has 0 radical (unpaired) electrons. The summed E-state index contributed by atoms with van der Waals surface area (Å²) in [5.74, 6) is 1.37. The normalized spacial score (nSPS) is 16.1. The second-order valence-corrected chi connectivity index (χ2v) is 9.68. The van der Waals surface area contributed by atoms with E-state index in [0.717, 1.165) is 40.9 Å². The van der Waals surface area contributed by atoms with Crippen LogP contribution in [0.15, 0.2) is 59.1 Å². The van der Waals surface area contributed by atoms with Crippen LogP contribution >= 0.6 is 0 Å². The lowest BCUT2D eigenvalue weighted by Crippen LogP contribution is -2.36. The largest absolute Gasteiger partial charge is 0.456 e. The van der Waals surface area contributed by atoms with Crippen LogP contribution in [0.4, 0.5) is 10.5 Å². The molecule has 4 aromatic rings. The topological polar surface area (TPSA) is 114 Å². The van der Waals surface area contributed by atoms with Gasteiger partial charge in [-0.05, 0) is 70.0 Å². The van der Waals surface area contributed by atoms with Gasteiger partial charge in [-0.3, -0.25) is 15.0 Å². The summed E-state index contributed by atoms with van der Waals surface area (Å²) in [4.78, 5) is 32.8. The number of hydrogen-bond donors (Lipinski definition) is 1. The number of aromatic nitrogens is 2. The molecule has 9 heteroatoms. The van der Waals surface area contributed by atoms with Crippen molar-refractivity contribution in [2.24, 2.45) is 0 Å². The Balaban J connectivity index is 1.38. The van der Waals surface area contributed by atoms with Crippen molar-refractivity contribution in [1.29, 1.82) is 0 Å². The van der Waals surface area contributed by atoms with Gasteiger partial charge in [-0.25, -0.2) is 9.78 Å². The van der Waals surface area contributed by atoms with Crippen molar-refractivity contribution in [1.82, 2.24) is 14.9 Å². The number of aromatic amines is 1. The molecule has 5 rings (SSSR count). The summed E-state index contributed by atoms with van der Waals surface area (Å²) in [7, 11) is 0. The predicted molar refractivity (Wildman–Crippen MR) is 131 cm³/mol. The van der Waals surface area contributed by atoms with Crippen molar-refractivity contribution >= 4 is 22.7 Å². The Morgan fingerprint density at radius 2 is 1.91 bits per heavy atom. The first-order valence-corrected chi connectivity index (χ1v) is 11.5. The number of nitrogens with one attached hydrogen (secondary N) is 1. The van der Waals surface area contributed by atoms with Gasteiger partial charge in [0.1, 0.15) is 22.8 Å². The number of imidazole rings is 1. The van der Waals surface area contributed by atoms with Gasteiger partial charge in [-0.2, -0.15) is 0 Å². The molecule has 0 spiro atoms. The number of non-ortho nitro benzene ring substituents is 1. The minimum absolute atomic E-state index is 0.0368. The Bertz CT molecular complexity index is 1400. The van der Waals surface area contributed by atoms with Gasteiger partial charge < -0.3 is 14.1 Å². The first kappa shape index (κ1) is 22.6. The van der Waals surface area contributed by atoms with Crippen molar-refractivity contribution in [3.05, 3.63) is 70.7 Å². The van der Waals surface area contributed by atoms with Gasteiger partial charge in [0.25, 0.3) is 5.69 Å². The quantitative estimate of drug-likeness (QED) is 0.268. The summed E-state index contributed by atoms with van der Waals surface area (Å²) in [5, 5.41) is 11.8. The molecule has 2 aromatic carbocycles. The van der Waals surface area contributed by atoms with E-state index in [1.165, 1.54) is 12.1 Å². The molecule has 35 heavy (non-hydrogen) atoms. The molecule has 2 aromatic heterocycles. The number of carbonyl (C=O) groups excluding carboxylic acids is 1. The van der Waals surface area contributed by atoms with Gasteiger partial charge >= 0.3 is 6.09 Å². The number of likely N-dealkylation sites (tertiary alicyclic amines) is 1. The number of amides is 1. The van der Waals surface area contributed by atoms with E-state index in [0.29, 0.717) is 17.9 Å². The van der Waals surface area contributed by atoms with Crippen molar-refractivity contribution in [3.63, 3.8) is 0 Å². The van der Waals surface area contributed by atoms with Crippen LogP contribution < -0.4 is 0 Å². The number of hydrogen-bond acceptors (Lipinski definition) is 6. The molecule has 1 aliphatic heterocycles. The highest BCUT2D eigenvalue weighted by molar-refractivity contribution is 5.86. The number of carbonyl (C=O) groups is 1. The number of nitro groups is 1. The summed E-state index contributed by atoms with van der Waals surface area (Å²) in [6.45, 7) is 6.22. The van der Waals surface area contributed by atoms with Gasteiger partial charge in [0.2, 0.25) is 0 Å². The van der Waals surface area contributed by atoms with Crippen LogP contribution in [0.25, 0.3) is 33.6 Å². The third kappa shape index (κ3) is 4.62. The van der Waals surface area contributed by atoms with Crippen molar-refractivity contribution in [2.45, 2.75) is 45.3 Å². The summed E-state index contributed by atoms with van der Waals surface area (Å²) in [6, 6.07) is 13.9. The zero-order valence-corrected chi connectivity index (χ0v) is 19.8. The van der Waals surface area contributed by atoms with Crippen LogP contribution in [0.2, 0.25) is 0 Å². The first-order chi connectivity index (χ1) is 16.7. The zero-order valence-electron chi connectivity index (χ0n) is 19.8. The fourth-order valence-corrected chi connectivity index (χ4v) is 4.34. The average Bonchev–Trinajstić information content (AvgIpc) is 3.56. The minimum atomic E-state index is -0.550. The van der Waals surface area contributed by atoms with Crippen LogP contribution in [0.1, 0.15) is 45.5 Å². The molecule has 1 atom stereocenters. The van der Waals surface area contributed by atoms with Gasteiger partial charge in [-0.1, -0.05) is 0 Å². The molecule has 180 valence electrons. The standard InChI is InChI=1S/C26H26N4O5/c1-26(2,3)35-25(31)29-12-4-5-21(29)24-27-15-20(28-24)17-8-11-22-18(13-17)14-23(34-22)16-6-9-19(10-7-16)30(32)33/h6-11,13-15,21H,4-5,12H2,1-3H3,(H,27,28)/t21-/m1/s1. The first-order valence-electron chi connectivity index (χ1n) is 11.5. The second-order valence-electron chi connectivity index (χ2n) is 9.68. The van der Waals surface area contributed by atoms with E-state index in [4.69, 9.17) is 9.15 Å². The lowest BCUT2D eigenvalue weighted by atomic mass is 10.1. The average molecular weight is 475 g/mol. The van der Waals surface area contributed by atoms with E-state index in [9.17, 15) is 14.9 Å². The highest BCUT2D eigenvalue weighted by Crippen LogP contribution is 2.34. The molecule has 1 amide bonds. The van der Waals surface area contributed by atoms with Crippen LogP contribution in [0.3, 0.4) is 0 Å². The van der Waals surface area contributed by atoms with E-state index >= 15 is 0 Å². The van der Waals surface area contributed by atoms with Gasteiger partial charge in [0.15, 0.2) is 0 Å². The predicted octanol–water partition coefficient (Wildman–Crippen LogP) is 6.47. The number of ether oxygens (including phenoxy) is 1. The van der Waals surface area contributed by atoms with Crippen LogP contribution in [0, 0.1) is 10.1 Å². The van der Waals surface area contributed by atoms with Gasteiger partial charge in [0.05, 0.1) is 22.9 Å². The molecular formula is C26H26N4O5. The summed E-state index contributed by atoms with van der Waals surface area (Å²) < 4.78 is 11.5. The molecule has 1 N–H and O–H groups in total. The molecule has 1 aliphatic rings. The Kier molecular flexibility index (Phi) is 5.55. The molecule has 0 saturated carbocycles. The molecule has 0 unspecified atom stereocenters. The number of rotatable bonds is 4. The van der Waals surface area contributed by atoms with Crippen LogP contribution in [-0.2, 0) is 4.74 Å². The lowest BCUT2D eigenvalue weighted by Gasteiger charge is -2.27. The highest BCUT2D eigenvalue weighted by atomic mass is 16.6. The molecule has 0 aliphatic carbocycles. The maximum absolute atomic E-state index is 12.7. The fourth-order valence-electron chi connectivity index (χ4n) is 4.34. The molecule has 1 fully saturated rings. The molecule has 3 heterocycles. The van der Waals surface area contributed by atoms with E-state index in [-0.39, 0.29) is 17.8 Å². The van der Waals surface area contributed by atoms with E-state index in [1.807, 2.05) is 45.0 Å². The molecule has 1 saturated heterocycles. The van der Waals surface area contributed by atoms with Crippen molar-refractivity contribution < 1.29 is 18.9 Å². The Hall–Kier alpha value is -4.14. The number of fused-ring (bicyclic) bond motifs is 1. The summed E-state index contributed by atoms with van der Waals surface area (Å²) in [6.07, 6.45) is 3.17. The summed E-state index contributed by atoms with van der Waals surface area (Å²) in [5.41, 5.74) is 2.75. The minimum Gasteiger partial charge on any atom is -0.456 e. The lowest BCUT2D eigenvalue weighted by molar-refractivity contribution is -0.384. The van der Waals surface area contributed by atoms with E-state index in [2.05, 4.69) is 9.97 Å². The van der Waals surface area contributed by atoms with E-state index in [1.54, 1.807) is 23.2 Å². The molecular weight excluding hydrogens is 448 g/mol. The Morgan fingerprint density at radius 3 is 2.63 bits per heavy atom. The highest BCUT2D eigenvalue weighted by Gasteiger charge is 2.34. The smallest absolute Gasteiger partial charge is 0.410 e. The van der Waals surface area contributed by atoms with Gasteiger partial charge in [0, 0.05) is 35.2 Å². The molecule has 9 nitrogen and oxygen atoms in total. The number of H-pyrrole nitrogens is 1. The maximum atomic E-state index is 12.7. The number of nitrogens with zero attached hydrogens (tertiary/aromatic N) is 3. The second kappa shape index (κ2) is 8.57. The third-order valence-electron chi connectivity index (χ3n) is 5.98. The zero-order chi connectivity index (χ0) is 24.7. The van der Waals surface area contributed by atoms with E-state index < -0.39 is 10.5 Å². The number of benzene rings is 2. The summed E-state index contributed by atoms with van der Waals surface area (Å²) >= 11 is 0. The number of nitro benzene ring substituents is 1.